The van der Waals surface area contributed by atoms with Gasteiger partial charge in [-0.3, -0.25) is 9.59 Å². The predicted octanol–water partition coefficient (Wildman–Crippen LogP) is 3.73. The third-order valence-corrected chi connectivity index (χ3v) is 4.16. The number of hydrogen-bond donors (Lipinski definition) is 1. The first-order valence-electron chi connectivity index (χ1n) is 7.18. The Balaban J connectivity index is 2.59. The molecule has 116 valence electrons. The highest BCUT2D eigenvalue weighted by molar-refractivity contribution is 9.10. The van der Waals surface area contributed by atoms with Crippen molar-refractivity contribution in [3.63, 3.8) is 0 Å². The van der Waals surface area contributed by atoms with Crippen LogP contribution in [0.4, 0.5) is 5.69 Å². The zero-order chi connectivity index (χ0) is 16.0. The molecule has 0 radical (unpaired) electrons. The summed E-state index contributed by atoms with van der Waals surface area (Å²) in [5, 5.41) is 2.86. The third-order valence-electron chi connectivity index (χ3n) is 3.51. The normalized spacial score (nSPS) is 11.9. The van der Waals surface area contributed by atoms with Gasteiger partial charge in [-0.1, -0.05) is 13.0 Å². The van der Waals surface area contributed by atoms with Crippen LogP contribution >= 0.6 is 15.9 Å². The third kappa shape index (κ3) is 5.50. The number of amides is 2. The van der Waals surface area contributed by atoms with E-state index in [0.717, 1.165) is 22.1 Å². The molecule has 0 aromatic heterocycles. The first kappa shape index (κ1) is 17.7. The zero-order valence-corrected chi connectivity index (χ0v) is 14.7. The number of hydrogen-bond acceptors (Lipinski definition) is 2. The van der Waals surface area contributed by atoms with Gasteiger partial charge in [0.15, 0.2) is 0 Å². The Morgan fingerprint density at radius 2 is 2.05 bits per heavy atom. The average molecular weight is 355 g/mol. The van der Waals surface area contributed by atoms with Crippen molar-refractivity contribution in [3.8, 4) is 0 Å². The number of anilines is 1. The number of halogens is 1. The molecule has 0 aliphatic heterocycles. The van der Waals surface area contributed by atoms with Crippen LogP contribution in [0.2, 0.25) is 0 Å². The summed E-state index contributed by atoms with van der Waals surface area (Å²) in [4.78, 5) is 25.4. The summed E-state index contributed by atoms with van der Waals surface area (Å²) in [5.41, 5.74) is 1.88. The molecular weight excluding hydrogens is 332 g/mol. The van der Waals surface area contributed by atoms with Crippen LogP contribution in [0.15, 0.2) is 22.7 Å². The Kier molecular flexibility index (Phi) is 6.89. The number of aryl methyl sites for hydroxylation is 1. The van der Waals surface area contributed by atoms with E-state index < -0.39 is 0 Å². The molecule has 1 unspecified atom stereocenters. The Morgan fingerprint density at radius 1 is 1.38 bits per heavy atom. The molecule has 1 aromatic carbocycles. The molecule has 21 heavy (non-hydrogen) atoms. The lowest BCUT2D eigenvalue weighted by Gasteiger charge is -2.27. The minimum absolute atomic E-state index is 0.00802. The van der Waals surface area contributed by atoms with E-state index in [2.05, 4.69) is 21.2 Å². The van der Waals surface area contributed by atoms with Crippen LogP contribution in [0, 0.1) is 6.92 Å². The lowest BCUT2D eigenvalue weighted by molar-refractivity contribution is -0.131. The molecule has 0 bridgehead atoms. The fourth-order valence-electron chi connectivity index (χ4n) is 2.06. The van der Waals surface area contributed by atoms with Crippen LogP contribution in [0.5, 0.6) is 0 Å². The molecule has 1 rings (SSSR count). The SMILES string of the molecule is CCC(C)N(CCC(=O)Nc1ccc(C)cc1Br)C(C)=O. The van der Waals surface area contributed by atoms with E-state index in [-0.39, 0.29) is 17.9 Å². The summed E-state index contributed by atoms with van der Waals surface area (Å²) in [6.07, 6.45) is 1.18. The lowest BCUT2D eigenvalue weighted by Crippen LogP contribution is -2.38. The minimum atomic E-state index is -0.0888. The van der Waals surface area contributed by atoms with Crippen molar-refractivity contribution in [3.05, 3.63) is 28.2 Å². The molecule has 5 heteroatoms. The smallest absolute Gasteiger partial charge is 0.226 e. The maximum atomic E-state index is 12.0. The second-order valence-corrected chi connectivity index (χ2v) is 6.11. The van der Waals surface area contributed by atoms with Crippen molar-refractivity contribution < 1.29 is 9.59 Å². The summed E-state index contributed by atoms with van der Waals surface area (Å²) in [5.74, 6) is -0.0808. The van der Waals surface area contributed by atoms with E-state index in [4.69, 9.17) is 0 Å². The number of nitrogens with zero attached hydrogens (tertiary/aromatic N) is 1. The van der Waals surface area contributed by atoms with Gasteiger partial charge >= 0.3 is 0 Å². The average Bonchev–Trinajstić information content (AvgIpc) is 2.41. The van der Waals surface area contributed by atoms with Crippen molar-refractivity contribution in [1.82, 2.24) is 4.90 Å². The molecule has 1 atom stereocenters. The van der Waals surface area contributed by atoms with Gasteiger partial charge in [0.1, 0.15) is 0 Å². The van der Waals surface area contributed by atoms with Crippen molar-refractivity contribution in [1.29, 1.82) is 0 Å². The van der Waals surface area contributed by atoms with Crippen LogP contribution < -0.4 is 5.32 Å². The topological polar surface area (TPSA) is 49.4 Å². The number of nitrogens with one attached hydrogen (secondary N) is 1. The molecular formula is C16H23BrN2O2. The van der Waals surface area contributed by atoms with Gasteiger partial charge in [0, 0.05) is 30.4 Å². The van der Waals surface area contributed by atoms with Crippen LogP contribution in [0.1, 0.15) is 39.2 Å². The first-order valence-corrected chi connectivity index (χ1v) is 7.97. The van der Waals surface area contributed by atoms with E-state index in [1.165, 1.54) is 0 Å². The summed E-state index contributed by atoms with van der Waals surface area (Å²) in [6.45, 7) is 8.01. The van der Waals surface area contributed by atoms with E-state index in [9.17, 15) is 9.59 Å². The first-order chi connectivity index (χ1) is 9.85. The van der Waals surface area contributed by atoms with Crippen LogP contribution in [-0.2, 0) is 9.59 Å². The standard InChI is InChI=1S/C16H23BrN2O2/c1-5-12(3)19(13(4)20)9-8-16(21)18-15-7-6-11(2)10-14(15)17/h6-7,10,12H,5,8-9H2,1-4H3,(H,18,21). The fourth-order valence-corrected chi connectivity index (χ4v) is 2.66. The van der Waals surface area contributed by atoms with E-state index in [0.29, 0.717) is 13.0 Å². The summed E-state index contributed by atoms with van der Waals surface area (Å²) in [7, 11) is 0. The van der Waals surface area contributed by atoms with Gasteiger partial charge in [0.05, 0.1) is 5.69 Å². The highest BCUT2D eigenvalue weighted by Crippen LogP contribution is 2.23. The summed E-state index contributed by atoms with van der Waals surface area (Å²) >= 11 is 3.43. The molecule has 0 aliphatic rings. The Bertz CT molecular complexity index is 517. The maximum absolute atomic E-state index is 12.0. The van der Waals surface area contributed by atoms with Gasteiger partial charge in [0.25, 0.3) is 0 Å². The van der Waals surface area contributed by atoms with Gasteiger partial charge in [-0.25, -0.2) is 0 Å². The lowest BCUT2D eigenvalue weighted by atomic mass is 10.2. The molecule has 0 fully saturated rings. The molecule has 0 saturated heterocycles. The van der Waals surface area contributed by atoms with Crippen molar-refractivity contribution in [2.75, 3.05) is 11.9 Å². The second-order valence-electron chi connectivity index (χ2n) is 5.25. The van der Waals surface area contributed by atoms with Gasteiger partial charge in [-0.05, 0) is 53.9 Å². The summed E-state index contributed by atoms with van der Waals surface area (Å²) in [6, 6.07) is 5.92. The number of carbonyl (C=O) groups excluding carboxylic acids is 2. The largest absolute Gasteiger partial charge is 0.340 e. The molecule has 1 N–H and O–H groups in total. The number of carbonyl (C=O) groups is 2. The van der Waals surface area contributed by atoms with E-state index in [1.54, 1.807) is 11.8 Å². The van der Waals surface area contributed by atoms with Crippen LogP contribution in [0.25, 0.3) is 0 Å². The molecule has 0 heterocycles. The fraction of sp³-hybridized carbons (Fsp3) is 0.500. The molecule has 2 amide bonds. The quantitative estimate of drug-likeness (QED) is 0.845. The predicted molar refractivity (Wildman–Crippen MR) is 89.3 cm³/mol. The van der Waals surface area contributed by atoms with E-state index >= 15 is 0 Å². The zero-order valence-electron chi connectivity index (χ0n) is 13.1. The van der Waals surface area contributed by atoms with Crippen LogP contribution in [0.3, 0.4) is 0 Å². The Morgan fingerprint density at radius 3 is 2.57 bits per heavy atom. The highest BCUT2D eigenvalue weighted by atomic mass is 79.9. The Labute approximate surface area is 135 Å². The number of benzene rings is 1. The van der Waals surface area contributed by atoms with Gasteiger partial charge < -0.3 is 10.2 Å². The van der Waals surface area contributed by atoms with Gasteiger partial charge in [-0.2, -0.15) is 0 Å². The molecule has 4 nitrogen and oxygen atoms in total. The highest BCUT2D eigenvalue weighted by Gasteiger charge is 2.16. The number of rotatable bonds is 6. The van der Waals surface area contributed by atoms with Crippen molar-refractivity contribution >= 4 is 33.4 Å². The van der Waals surface area contributed by atoms with Crippen molar-refractivity contribution in [2.24, 2.45) is 0 Å². The van der Waals surface area contributed by atoms with E-state index in [1.807, 2.05) is 39.0 Å². The second kappa shape index (κ2) is 8.17. The molecule has 0 saturated carbocycles. The minimum Gasteiger partial charge on any atom is -0.340 e. The van der Waals surface area contributed by atoms with Crippen molar-refractivity contribution in [2.45, 2.75) is 46.6 Å². The molecule has 0 aliphatic carbocycles. The van der Waals surface area contributed by atoms with Crippen LogP contribution in [-0.4, -0.2) is 29.3 Å². The monoisotopic (exact) mass is 354 g/mol. The molecule has 0 spiro atoms. The van der Waals surface area contributed by atoms with Gasteiger partial charge in [-0.15, -0.1) is 0 Å². The summed E-state index contributed by atoms with van der Waals surface area (Å²) < 4.78 is 0.862. The maximum Gasteiger partial charge on any atom is 0.226 e. The molecule has 1 aromatic rings. The Hall–Kier alpha value is -1.36. The van der Waals surface area contributed by atoms with Gasteiger partial charge in [0.2, 0.25) is 11.8 Å².